The first-order valence-corrected chi connectivity index (χ1v) is 13.4. The van der Waals surface area contributed by atoms with Gasteiger partial charge >= 0.3 is 6.09 Å². The second-order valence-corrected chi connectivity index (χ2v) is 10.2. The lowest BCUT2D eigenvalue weighted by atomic mass is 10.1. The van der Waals surface area contributed by atoms with Crippen LogP contribution in [0.4, 0.5) is 4.79 Å². The minimum atomic E-state index is -0.706. The monoisotopic (exact) mass is 533 g/mol. The van der Waals surface area contributed by atoms with E-state index < -0.39 is 29.4 Å². The van der Waals surface area contributed by atoms with Crippen LogP contribution in [0, 0.1) is 0 Å². The lowest BCUT2D eigenvalue weighted by Gasteiger charge is -2.23. The minimum absolute atomic E-state index is 0.103. The molecule has 2 N–H and O–H groups in total. The van der Waals surface area contributed by atoms with Gasteiger partial charge in [-0.1, -0.05) is 30.3 Å². The molecule has 1 unspecified atom stereocenters. The fourth-order valence-corrected chi connectivity index (χ4v) is 3.89. The average molecular weight is 534 g/mol. The molecular formula is C28H43N3O7. The van der Waals surface area contributed by atoms with E-state index in [1.165, 1.54) is 4.90 Å². The molecule has 1 aromatic rings. The molecule has 1 saturated heterocycles. The predicted octanol–water partition coefficient (Wildman–Crippen LogP) is 2.98. The van der Waals surface area contributed by atoms with Crippen molar-refractivity contribution < 1.29 is 33.4 Å². The van der Waals surface area contributed by atoms with Gasteiger partial charge in [-0.15, -0.1) is 0 Å². The highest BCUT2D eigenvalue weighted by molar-refractivity contribution is 6.38. The fourth-order valence-electron chi connectivity index (χ4n) is 3.89. The number of benzene rings is 1. The standard InChI is InChI=1S/C28H43N3O7/c1-28(2,3)38-27(35)30-16-10-20-37-18-8-7-17-36-19-9-15-29-26(34)25(33)23-13-14-24(32)31(23)21-22-11-5-4-6-12-22/h4-6,11-12,23H,7-10,13-21H2,1-3H3,(H,29,34)(H,30,35). The topological polar surface area (TPSA) is 123 Å². The third-order valence-corrected chi connectivity index (χ3v) is 5.76. The zero-order chi connectivity index (χ0) is 27.8. The number of ketones is 1. The van der Waals surface area contributed by atoms with Crippen LogP contribution in [-0.4, -0.2) is 79.8 Å². The van der Waals surface area contributed by atoms with Crippen molar-refractivity contribution >= 4 is 23.7 Å². The fraction of sp³-hybridized carbons (Fsp3) is 0.643. The van der Waals surface area contributed by atoms with Crippen molar-refractivity contribution in [2.24, 2.45) is 0 Å². The molecule has 212 valence electrons. The summed E-state index contributed by atoms with van der Waals surface area (Å²) in [5, 5.41) is 5.34. The molecule has 1 fully saturated rings. The molecule has 1 aliphatic heterocycles. The first-order chi connectivity index (χ1) is 18.2. The van der Waals surface area contributed by atoms with E-state index in [4.69, 9.17) is 14.2 Å². The summed E-state index contributed by atoms with van der Waals surface area (Å²) in [4.78, 5) is 50.3. The Morgan fingerprint density at radius 3 is 2.08 bits per heavy atom. The number of amides is 3. The Kier molecular flexibility index (Phi) is 13.8. The number of hydrogen-bond donors (Lipinski definition) is 2. The van der Waals surface area contributed by atoms with Gasteiger partial charge in [0.2, 0.25) is 11.7 Å². The Labute approximate surface area is 225 Å². The maximum Gasteiger partial charge on any atom is 0.407 e. The van der Waals surface area contributed by atoms with Gasteiger partial charge in [-0.25, -0.2) is 4.79 Å². The molecule has 0 saturated carbocycles. The van der Waals surface area contributed by atoms with Crippen LogP contribution in [0.5, 0.6) is 0 Å². The lowest BCUT2D eigenvalue weighted by molar-refractivity contribution is -0.143. The third kappa shape index (κ3) is 12.5. The van der Waals surface area contributed by atoms with Crippen molar-refractivity contribution in [3.8, 4) is 0 Å². The molecule has 1 aliphatic rings. The minimum Gasteiger partial charge on any atom is -0.444 e. The van der Waals surface area contributed by atoms with Crippen LogP contribution >= 0.6 is 0 Å². The van der Waals surface area contributed by atoms with Gasteiger partial charge < -0.3 is 29.7 Å². The zero-order valence-electron chi connectivity index (χ0n) is 23.0. The summed E-state index contributed by atoms with van der Waals surface area (Å²) in [5.74, 6) is -1.32. The highest BCUT2D eigenvalue weighted by Crippen LogP contribution is 2.22. The summed E-state index contributed by atoms with van der Waals surface area (Å²) < 4.78 is 16.3. The smallest absolute Gasteiger partial charge is 0.407 e. The number of nitrogens with zero attached hydrogens (tertiary/aromatic N) is 1. The van der Waals surface area contributed by atoms with Gasteiger partial charge in [0.15, 0.2) is 0 Å². The number of carbonyl (C=O) groups is 4. The van der Waals surface area contributed by atoms with E-state index in [1.54, 1.807) is 0 Å². The maximum absolute atomic E-state index is 12.6. The first kappa shape index (κ1) is 31.2. The molecule has 0 aliphatic carbocycles. The third-order valence-electron chi connectivity index (χ3n) is 5.76. The first-order valence-electron chi connectivity index (χ1n) is 13.4. The number of unbranched alkanes of at least 4 members (excludes halogenated alkanes) is 1. The van der Waals surface area contributed by atoms with Crippen LogP contribution in [-0.2, 0) is 35.1 Å². The Morgan fingerprint density at radius 1 is 0.895 bits per heavy atom. The molecule has 1 atom stereocenters. The molecule has 10 nitrogen and oxygen atoms in total. The van der Waals surface area contributed by atoms with Gasteiger partial charge in [0.1, 0.15) is 11.6 Å². The molecule has 10 heteroatoms. The SMILES string of the molecule is CC(C)(C)OC(=O)NCCCOCCCCOCCCNC(=O)C(=O)C1CCC(=O)N1Cc1ccccc1. The highest BCUT2D eigenvalue weighted by Gasteiger charge is 2.38. The molecular weight excluding hydrogens is 490 g/mol. The van der Waals surface area contributed by atoms with Crippen molar-refractivity contribution in [1.29, 1.82) is 0 Å². The Balaban J connectivity index is 1.45. The Morgan fingerprint density at radius 2 is 1.47 bits per heavy atom. The van der Waals surface area contributed by atoms with E-state index in [2.05, 4.69) is 10.6 Å². The van der Waals surface area contributed by atoms with Crippen molar-refractivity contribution in [1.82, 2.24) is 15.5 Å². The number of rotatable bonds is 17. The maximum atomic E-state index is 12.6. The number of Topliss-reactive ketones (excluding diaryl/α,β-unsaturated/α-hetero) is 1. The summed E-state index contributed by atoms with van der Waals surface area (Å²) in [7, 11) is 0. The van der Waals surface area contributed by atoms with Crippen molar-refractivity contribution in [2.75, 3.05) is 39.5 Å². The molecule has 0 radical (unpaired) electrons. The molecule has 38 heavy (non-hydrogen) atoms. The molecule has 1 aromatic carbocycles. The summed E-state index contributed by atoms with van der Waals surface area (Å²) in [6.45, 7) is 8.90. The second kappa shape index (κ2) is 16.8. The van der Waals surface area contributed by atoms with Crippen molar-refractivity contribution in [2.45, 2.75) is 77.5 Å². The number of carbonyl (C=O) groups excluding carboxylic acids is 4. The van der Waals surface area contributed by atoms with Gasteiger partial charge in [-0.05, 0) is 58.4 Å². The highest BCUT2D eigenvalue weighted by atomic mass is 16.6. The van der Waals surface area contributed by atoms with E-state index >= 15 is 0 Å². The second-order valence-electron chi connectivity index (χ2n) is 10.2. The van der Waals surface area contributed by atoms with Crippen LogP contribution in [0.3, 0.4) is 0 Å². The number of likely N-dealkylation sites (tertiary alicyclic amines) is 1. The van der Waals surface area contributed by atoms with Crippen LogP contribution < -0.4 is 10.6 Å². The lowest BCUT2D eigenvalue weighted by Crippen LogP contribution is -2.45. The van der Waals surface area contributed by atoms with E-state index in [9.17, 15) is 19.2 Å². The van der Waals surface area contributed by atoms with Crippen molar-refractivity contribution in [3.63, 3.8) is 0 Å². The summed E-state index contributed by atoms with van der Waals surface area (Å²) in [6.07, 6.45) is 3.26. The quantitative estimate of drug-likeness (QED) is 0.233. The molecule has 0 spiro atoms. The van der Waals surface area contributed by atoms with Gasteiger partial charge in [0.05, 0.1) is 0 Å². The largest absolute Gasteiger partial charge is 0.444 e. The van der Waals surface area contributed by atoms with Crippen LogP contribution in [0.1, 0.15) is 64.9 Å². The van der Waals surface area contributed by atoms with E-state index in [-0.39, 0.29) is 12.3 Å². The number of nitrogens with one attached hydrogen (secondary N) is 2. The molecule has 2 rings (SSSR count). The van der Waals surface area contributed by atoms with Crippen LogP contribution in [0.25, 0.3) is 0 Å². The molecule has 1 heterocycles. The predicted molar refractivity (Wildman–Crippen MR) is 142 cm³/mol. The molecule has 0 bridgehead atoms. The van der Waals surface area contributed by atoms with Gasteiger partial charge in [-0.3, -0.25) is 14.4 Å². The number of ether oxygens (including phenoxy) is 3. The van der Waals surface area contributed by atoms with Gasteiger partial charge in [-0.2, -0.15) is 0 Å². The Bertz CT molecular complexity index is 886. The van der Waals surface area contributed by atoms with E-state index in [1.807, 2.05) is 51.1 Å². The van der Waals surface area contributed by atoms with Crippen LogP contribution in [0.15, 0.2) is 30.3 Å². The zero-order valence-corrected chi connectivity index (χ0v) is 23.0. The van der Waals surface area contributed by atoms with Gasteiger partial charge in [0, 0.05) is 52.5 Å². The summed E-state index contributed by atoms with van der Waals surface area (Å²) in [6, 6.07) is 8.74. The summed E-state index contributed by atoms with van der Waals surface area (Å²) in [5.41, 5.74) is 0.427. The van der Waals surface area contributed by atoms with Crippen molar-refractivity contribution in [3.05, 3.63) is 35.9 Å². The Hall–Kier alpha value is -2.98. The molecule has 0 aromatic heterocycles. The molecule has 3 amide bonds. The van der Waals surface area contributed by atoms with E-state index in [0.29, 0.717) is 65.3 Å². The average Bonchev–Trinajstić information content (AvgIpc) is 3.22. The summed E-state index contributed by atoms with van der Waals surface area (Å²) >= 11 is 0. The normalized spacial score (nSPS) is 15.4. The van der Waals surface area contributed by atoms with E-state index in [0.717, 1.165) is 18.4 Å². The number of hydrogen-bond acceptors (Lipinski definition) is 7. The van der Waals surface area contributed by atoms with Crippen LogP contribution in [0.2, 0.25) is 0 Å². The van der Waals surface area contributed by atoms with Gasteiger partial charge in [0.25, 0.3) is 5.91 Å². The number of alkyl carbamates (subject to hydrolysis) is 1.